The van der Waals surface area contributed by atoms with E-state index in [1.165, 1.54) is 0 Å². The molecule has 8 heteroatoms. The maximum Gasteiger partial charge on any atom is 0.343 e. The molecule has 0 spiro atoms. The minimum atomic E-state index is -0.501. The van der Waals surface area contributed by atoms with E-state index in [1.54, 1.807) is 49.6 Å². The number of fused-ring (bicyclic) bond motifs is 1. The first-order valence-corrected chi connectivity index (χ1v) is 12.2. The second kappa shape index (κ2) is 11.2. The van der Waals surface area contributed by atoms with Gasteiger partial charge in [-0.25, -0.2) is 4.79 Å². The van der Waals surface area contributed by atoms with Crippen molar-refractivity contribution in [3.63, 3.8) is 0 Å². The van der Waals surface area contributed by atoms with Gasteiger partial charge >= 0.3 is 5.97 Å². The first-order valence-electron chi connectivity index (χ1n) is 11.4. The number of benzene rings is 3. The van der Waals surface area contributed by atoms with Crippen LogP contribution in [0.4, 0.5) is 0 Å². The summed E-state index contributed by atoms with van der Waals surface area (Å²) in [6.07, 6.45) is 1.96. The van der Waals surface area contributed by atoms with Crippen molar-refractivity contribution in [3.8, 4) is 29.1 Å². The number of nitrogens with two attached hydrogens (primary N) is 1. The summed E-state index contributed by atoms with van der Waals surface area (Å²) in [7, 11) is 1.57. The number of allylic oxidation sites excluding steroid dienone is 1. The van der Waals surface area contributed by atoms with Gasteiger partial charge in [-0.05, 0) is 54.4 Å². The van der Waals surface area contributed by atoms with Crippen molar-refractivity contribution in [2.45, 2.75) is 25.7 Å². The number of hydrogen-bond acceptors (Lipinski definition) is 7. The van der Waals surface area contributed by atoms with Crippen molar-refractivity contribution in [1.29, 1.82) is 5.26 Å². The highest BCUT2D eigenvalue weighted by Crippen LogP contribution is 2.45. The number of nitrogens with zero attached hydrogens (tertiary/aromatic N) is 1. The van der Waals surface area contributed by atoms with Gasteiger partial charge in [0.2, 0.25) is 5.88 Å². The van der Waals surface area contributed by atoms with E-state index >= 15 is 0 Å². The van der Waals surface area contributed by atoms with Crippen LogP contribution in [0, 0.1) is 11.3 Å². The van der Waals surface area contributed by atoms with Gasteiger partial charge in [-0.2, -0.15) is 5.26 Å². The van der Waals surface area contributed by atoms with Crippen molar-refractivity contribution in [2.75, 3.05) is 13.7 Å². The van der Waals surface area contributed by atoms with Crippen molar-refractivity contribution in [2.24, 2.45) is 5.73 Å². The number of rotatable bonds is 8. The van der Waals surface area contributed by atoms with Crippen LogP contribution in [0.1, 0.15) is 47.2 Å². The number of halogens is 1. The van der Waals surface area contributed by atoms with Crippen LogP contribution in [0.15, 0.2) is 76.6 Å². The molecule has 1 aliphatic rings. The van der Waals surface area contributed by atoms with E-state index in [1.807, 2.05) is 18.2 Å². The number of carbonyl (C=O) groups is 1. The van der Waals surface area contributed by atoms with E-state index in [4.69, 9.17) is 24.7 Å². The number of hydrogen-bond donors (Lipinski definition) is 1. The molecule has 36 heavy (non-hydrogen) atoms. The van der Waals surface area contributed by atoms with E-state index in [0.29, 0.717) is 40.7 Å². The molecule has 0 fully saturated rings. The number of nitriles is 1. The zero-order valence-corrected chi connectivity index (χ0v) is 21.5. The molecule has 0 aromatic heterocycles. The molecule has 1 heterocycles. The van der Waals surface area contributed by atoms with Gasteiger partial charge in [0.25, 0.3) is 0 Å². The number of esters is 1. The minimum absolute atomic E-state index is 0.00590. The predicted octanol–water partition coefficient (Wildman–Crippen LogP) is 6.07. The second-order valence-corrected chi connectivity index (χ2v) is 9.05. The average molecular weight is 549 g/mol. The van der Waals surface area contributed by atoms with E-state index < -0.39 is 11.9 Å². The molecular weight excluding hydrogens is 524 g/mol. The van der Waals surface area contributed by atoms with Gasteiger partial charge in [-0.15, -0.1) is 0 Å². The molecular formula is C28H25BrN2O5. The molecule has 0 radical (unpaired) electrons. The fourth-order valence-electron chi connectivity index (χ4n) is 3.90. The van der Waals surface area contributed by atoms with Gasteiger partial charge in [0.15, 0.2) is 11.5 Å². The number of ether oxygens (including phenoxy) is 4. The topological polar surface area (TPSA) is 104 Å². The monoisotopic (exact) mass is 548 g/mol. The molecule has 1 aliphatic heterocycles. The second-order valence-electron chi connectivity index (χ2n) is 8.13. The van der Waals surface area contributed by atoms with E-state index in [-0.39, 0.29) is 11.5 Å². The molecule has 4 rings (SSSR count). The Labute approximate surface area is 218 Å². The van der Waals surface area contributed by atoms with Crippen molar-refractivity contribution >= 4 is 21.9 Å². The van der Waals surface area contributed by atoms with Crippen molar-refractivity contribution in [1.82, 2.24) is 0 Å². The van der Waals surface area contributed by atoms with Crippen molar-refractivity contribution in [3.05, 3.63) is 93.3 Å². The van der Waals surface area contributed by atoms with E-state index in [9.17, 15) is 10.1 Å². The largest absolute Gasteiger partial charge is 0.493 e. The van der Waals surface area contributed by atoms with Gasteiger partial charge in [0.05, 0.1) is 25.2 Å². The first kappa shape index (κ1) is 25.1. The molecule has 2 N–H and O–H groups in total. The van der Waals surface area contributed by atoms with E-state index in [0.717, 1.165) is 22.9 Å². The Hall–Kier alpha value is -3.96. The Morgan fingerprint density at radius 3 is 2.58 bits per heavy atom. The number of methoxy groups -OCH3 is 1. The normalized spacial score (nSPS) is 14.3. The summed E-state index contributed by atoms with van der Waals surface area (Å²) in [5, 5.41) is 9.87. The average Bonchev–Trinajstić information content (AvgIpc) is 2.88. The standard InChI is InChI=1S/C28H25BrN2O5/c1-3-4-13-34-23-12-7-18(14-25(23)33-2)26-21-11-10-20(15-24(21)36-27(31)22(26)16-30)35-28(32)17-5-8-19(29)9-6-17/h5-12,14-15,26H,3-4,13,31H2,1-2H3. The molecule has 3 aromatic rings. The Balaban J connectivity index is 1.66. The fraction of sp³-hybridized carbons (Fsp3) is 0.214. The molecule has 0 saturated carbocycles. The lowest BCUT2D eigenvalue weighted by molar-refractivity contribution is 0.0734. The summed E-state index contributed by atoms with van der Waals surface area (Å²) >= 11 is 3.35. The summed E-state index contributed by atoms with van der Waals surface area (Å²) in [4.78, 5) is 12.6. The minimum Gasteiger partial charge on any atom is -0.493 e. The Kier molecular flexibility index (Phi) is 7.81. The summed E-state index contributed by atoms with van der Waals surface area (Å²) in [6.45, 7) is 2.68. The van der Waals surface area contributed by atoms with Gasteiger partial charge in [-0.3, -0.25) is 0 Å². The van der Waals surface area contributed by atoms with Gasteiger partial charge in [0.1, 0.15) is 23.1 Å². The lowest BCUT2D eigenvalue weighted by Crippen LogP contribution is -2.21. The molecule has 0 saturated heterocycles. The Morgan fingerprint density at radius 2 is 1.89 bits per heavy atom. The van der Waals surface area contributed by atoms with Crippen LogP contribution in [0.2, 0.25) is 0 Å². The third kappa shape index (κ3) is 5.31. The third-order valence-electron chi connectivity index (χ3n) is 5.76. The fourth-order valence-corrected chi connectivity index (χ4v) is 4.17. The lowest BCUT2D eigenvalue weighted by atomic mass is 9.83. The van der Waals surface area contributed by atoms with Crippen LogP contribution in [0.5, 0.6) is 23.0 Å². The summed E-state index contributed by atoms with van der Waals surface area (Å²) in [5.41, 5.74) is 8.33. The summed E-state index contributed by atoms with van der Waals surface area (Å²) < 4.78 is 23.6. The SMILES string of the molecule is CCCCOc1ccc(C2C(C#N)=C(N)Oc3cc(OC(=O)c4ccc(Br)cc4)ccc32)cc1OC. The highest BCUT2D eigenvalue weighted by atomic mass is 79.9. The highest BCUT2D eigenvalue weighted by molar-refractivity contribution is 9.10. The summed E-state index contributed by atoms with van der Waals surface area (Å²) in [5.74, 6) is 0.896. The molecule has 1 atom stereocenters. The predicted molar refractivity (Wildman–Crippen MR) is 138 cm³/mol. The molecule has 1 unspecified atom stereocenters. The van der Waals surface area contributed by atoms with Crippen LogP contribution in [-0.2, 0) is 0 Å². The highest BCUT2D eigenvalue weighted by Gasteiger charge is 2.31. The number of carbonyl (C=O) groups excluding carboxylic acids is 1. The quantitative estimate of drug-likeness (QED) is 0.207. The van der Waals surface area contributed by atoms with Gasteiger partial charge in [-0.1, -0.05) is 41.4 Å². The van der Waals surface area contributed by atoms with Crippen molar-refractivity contribution < 1.29 is 23.7 Å². The van der Waals surface area contributed by atoms with Crippen LogP contribution in [-0.4, -0.2) is 19.7 Å². The smallest absolute Gasteiger partial charge is 0.343 e. The zero-order chi connectivity index (χ0) is 25.7. The number of unbranched alkanes of at least 4 members (excludes halogenated alkanes) is 1. The van der Waals surface area contributed by atoms with Crippen LogP contribution in [0.25, 0.3) is 0 Å². The first-order chi connectivity index (χ1) is 17.4. The van der Waals surface area contributed by atoms with E-state index in [2.05, 4.69) is 28.9 Å². The molecule has 0 bridgehead atoms. The van der Waals surface area contributed by atoms with Gasteiger partial charge < -0.3 is 24.7 Å². The maximum atomic E-state index is 12.6. The Bertz CT molecular complexity index is 1350. The molecule has 184 valence electrons. The zero-order valence-electron chi connectivity index (χ0n) is 19.9. The lowest BCUT2D eigenvalue weighted by Gasteiger charge is -2.27. The maximum absolute atomic E-state index is 12.6. The Morgan fingerprint density at radius 1 is 1.11 bits per heavy atom. The molecule has 7 nitrogen and oxygen atoms in total. The summed E-state index contributed by atoms with van der Waals surface area (Å²) in [6, 6.07) is 19.6. The van der Waals surface area contributed by atoms with Crippen LogP contribution < -0.4 is 24.7 Å². The molecule has 0 amide bonds. The third-order valence-corrected chi connectivity index (χ3v) is 6.29. The molecule has 3 aromatic carbocycles. The van der Waals surface area contributed by atoms with Gasteiger partial charge in [0, 0.05) is 16.1 Å². The van der Waals surface area contributed by atoms with Crippen LogP contribution in [0.3, 0.4) is 0 Å². The molecule has 0 aliphatic carbocycles. The van der Waals surface area contributed by atoms with Crippen LogP contribution >= 0.6 is 15.9 Å².